The zero-order chi connectivity index (χ0) is 13.4. The first kappa shape index (κ1) is 12.5. The van der Waals surface area contributed by atoms with Gasteiger partial charge in [0, 0.05) is 14.4 Å². The van der Waals surface area contributed by atoms with E-state index in [1.807, 2.05) is 42.5 Å². The van der Waals surface area contributed by atoms with Crippen LogP contribution in [0.5, 0.6) is 0 Å². The summed E-state index contributed by atoms with van der Waals surface area (Å²) in [4.78, 5) is 12.2. The molecule has 1 heterocycles. The molecule has 3 rings (SSSR count). The van der Waals surface area contributed by atoms with Crippen molar-refractivity contribution >= 4 is 34.1 Å². The van der Waals surface area contributed by atoms with Gasteiger partial charge in [-0.1, -0.05) is 29.8 Å². The minimum absolute atomic E-state index is 0.124. The lowest BCUT2D eigenvalue weighted by atomic mass is 10.1. The van der Waals surface area contributed by atoms with E-state index in [2.05, 4.69) is 6.08 Å². The van der Waals surface area contributed by atoms with Crippen LogP contribution in [0.2, 0.25) is 5.02 Å². The molecule has 0 aliphatic carbocycles. The van der Waals surface area contributed by atoms with Crippen molar-refractivity contribution < 1.29 is 9.90 Å². The fourth-order valence-corrected chi connectivity index (χ4v) is 4.51. The average Bonchev–Trinajstić information content (AvgIpc) is 2.37. The number of carboxylic acid groups (broad SMARTS) is 1. The first-order valence-corrected chi connectivity index (χ1v) is 7.58. The molecule has 1 atom stereocenters. The summed E-state index contributed by atoms with van der Waals surface area (Å²) in [6.45, 7) is 0. The second-order valence-electron chi connectivity index (χ2n) is 4.29. The lowest BCUT2D eigenvalue weighted by Crippen LogP contribution is -2.11. The predicted octanol–water partition coefficient (Wildman–Crippen LogP) is 3.15. The first-order chi connectivity index (χ1) is 9.15. The molecule has 0 spiro atoms. The van der Waals surface area contributed by atoms with E-state index < -0.39 is 16.5 Å². The van der Waals surface area contributed by atoms with Crippen molar-refractivity contribution in [1.82, 2.24) is 0 Å². The number of hydrogen-bond donors (Lipinski definition) is 1. The molecule has 0 bridgehead atoms. The van der Waals surface area contributed by atoms with Crippen molar-refractivity contribution in [1.29, 1.82) is 0 Å². The summed E-state index contributed by atoms with van der Waals surface area (Å²) in [7, 11) is -0.422. The summed E-state index contributed by atoms with van der Waals surface area (Å²) in [6.07, 6.45) is 2.07. The number of fused-ring (bicyclic) bond motifs is 2. The Kier molecular flexibility index (Phi) is 3.17. The molecule has 19 heavy (non-hydrogen) atoms. The third kappa shape index (κ3) is 2.31. The summed E-state index contributed by atoms with van der Waals surface area (Å²) in [6, 6.07) is 13.6. The van der Waals surface area contributed by atoms with E-state index in [-0.39, 0.29) is 5.75 Å². The number of hydrogen-bond acceptors (Lipinski definition) is 1. The topological polar surface area (TPSA) is 37.3 Å². The van der Waals surface area contributed by atoms with E-state index in [0.29, 0.717) is 5.02 Å². The zero-order valence-electron chi connectivity index (χ0n) is 9.97. The van der Waals surface area contributed by atoms with Crippen molar-refractivity contribution in [2.24, 2.45) is 0 Å². The standard InChI is InChI=1S/C15H11ClO2S/c16-12-5-6-14-11(8-12)7-10-3-1-2-4-13(10)19(14)9-15(17)18/h1-8H,9H2,(H,17,18). The van der Waals surface area contributed by atoms with Crippen molar-refractivity contribution in [2.75, 3.05) is 5.75 Å². The molecule has 1 aliphatic heterocycles. The van der Waals surface area contributed by atoms with Crippen LogP contribution < -0.4 is 5.22 Å². The Bertz CT molecular complexity index is 796. The highest BCUT2D eigenvalue weighted by Crippen LogP contribution is 2.35. The van der Waals surface area contributed by atoms with Crippen molar-refractivity contribution in [2.45, 2.75) is 4.90 Å². The maximum absolute atomic E-state index is 11.1. The first-order valence-electron chi connectivity index (χ1n) is 5.81. The van der Waals surface area contributed by atoms with Crippen LogP contribution in [0.4, 0.5) is 0 Å². The summed E-state index contributed by atoms with van der Waals surface area (Å²) in [5.41, 5.74) is 1.02. The summed E-state index contributed by atoms with van der Waals surface area (Å²) >= 11 is 6.02. The van der Waals surface area contributed by atoms with E-state index in [0.717, 1.165) is 20.2 Å². The van der Waals surface area contributed by atoms with Crippen molar-refractivity contribution in [3.63, 3.8) is 0 Å². The highest BCUT2D eigenvalue weighted by molar-refractivity contribution is 8.10. The van der Waals surface area contributed by atoms with E-state index >= 15 is 0 Å². The Balaban J connectivity index is 2.37. The molecule has 1 aliphatic rings. The Labute approximate surface area is 117 Å². The molecule has 0 saturated heterocycles. The third-order valence-electron chi connectivity index (χ3n) is 3.00. The van der Waals surface area contributed by atoms with Crippen LogP contribution in [0.3, 0.4) is 0 Å². The second kappa shape index (κ2) is 4.83. The van der Waals surface area contributed by atoms with Crippen LogP contribution in [0, 0.1) is 4.51 Å². The maximum atomic E-state index is 11.1. The van der Waals surface area contributed by atoms with Gasteiger partial charge in [-0.05, 0) is 41.1 Å². The molecule has 0 fully saturated rings. The predicted molar refractivity (Wildman–Crippen MR) is 78.3 cm³/mol. The molecule has 96 valence electrons. The molecule has 0 aromatic heterocycles. The molecule has 1 unspecified atom stereocenters. The molecule has 1 N–H and O–H groups in total. The second-order valence-corrected chi connectivity index (χ2v) is 6.68. The number of benzene rings is 2. The number of halogens is 1. The third-order valence-corrected chi connectivity index (χ3v) is 5.58. The van der Waals surface area contributed by atoms with Crippen LogP contribution in [0.25, 0.3) is 6.08 Å². The molecule has 0 amide bonds. The Morgan fingerprint density at radius 3 is 2.79 bits per heavy atom. The van der Waals surface area contributed by atoms with Gasteiger partial charge in [0.05, 0.1) is 5.75 Å². The zero-order valence-corrected chi connectivity index (χ0v) is 11.5. The number of aliphatic carboxylic acids is 1. The maximum Gasteiger partial charge on any atom is 0.313 e. The molecule has 2 aromatic rings. The van der Waals surface area contributed by atoms with Gasteiger partial charge in [0.2, 0.25) is 0 Å². The molecule has 2 nitrogen and oxygen atoms in total. The van der Waals surface area contributed by atoms with E-state index in [1.165, 1.54) is 0 Å². The molecule has 4 heteroatoms. The van der Waals surface area contributed by atoms with Crippen LogP contribution in [-0.2, 0) is 4.79 Å². The van der Waals surface area contributed by atoms with E-state index in [1.54, 1.807) is 0 Å². The summed E-state index contributed by atoms with van der Waals surface area (Å²) in [5.74, 6) is -0.652. The van der Waals surface area contributed by atoms with Crippen LogP contribution >= 0.6 is 22.1 Å². The lowest BCUT2D eigenvalue weighted by Gasteiger charge is -2.16. The van der Waals surface area contributed by atoms with Gasteiger partial charge in [-0.3, -0.25) is 4.79 Å². The van der Waals surface area contributed by atoms with E-state index in [9.17, 15) is 4.79 Å². The van der Waals surface area contributed by atoms with Gasteiger partial charge >= 0.3 is 5.97 Å². The van der Waals surface area contributed by atoms with Gasteiger partial charge in [-0.15, -0.1) is 10.5 Å². The molecular formula is C15H11ClO2S. The minimum Gasteiger partial charge on any atom is -0.481 e. The van der Waals surface area contributed by atoms with Gasteiger partial charge in [-0.25, -0.2) is 0 Å². The lowest BCUT2D eigenvalue weighted by molar-refractivity contribution is -0.133. The smallest absolute Gasteiger partial charge is 0.313 e. The molecule has 0 saturated carbocycles. The number of rotatable bonds is 2. The van der Waals surface area contributed by atoms with Gasteiger partial charge in [0.1, 0.15) is 0 Å². The normalized spacial score (nSPS) is 16.2. The SMILES string of the molecule is O=C(O)CS1=c2ccccc2=Cc2cc(Cl)ccc21. The van der Waals surface area contributed by atoms with Crippen molar-refractivity contribution in [3.8, 4) is 0 Å². The Hall–Kier alpha value is -1.58. The Morgan fingerprint density at radius 1 is 1.21 bits per heavy atom. The van der Waals surface area contributed by atoms with Crippen LogP contribution in [-0.4, -0.2) is 16.8 Å². The molecular weight excluding hydrogens is 280 g/mol. The highest BCUT2D eigenvalue weighted by atomic mass is 35.5. The minimum atomic E-state index is -0.777. The molecule has 2 aromatic carbocycles. The quantitative estimate of drug-likeness (QED) is 0.863. The van der Waals surface area contributed by atoms with Gasteiger partial charge in [0.15, 0.2) is 0 Å². The van der Waals surface area contributed by atoms with Gasteiger partial charge < -0.3 is 5.11 Å². The van der Waals surface area contributed by atoms with E-state index in [4.69, 9.17) is 16.7 Å². The van der Waals surface area contributed by atoms with Crippen molar-refractivity contribution in [3.05, 3.63) is 62.8 Å². The van der Waals surface area contributed by atoms with Gasteiger partial charge in [0.25, 0.3) is 0 Å². The highest BCUT2D eigenvalue weighted by Gasteiger charge is 2.14. The summed E-state index contributed by atoms with van der Waals surface area (Å²) in [5, 5.41) is 10.9. The largest absolute Gasteiger partial charge is 0.481 e. The fraction of sp³-hybridized carbons (Fsp3) is 0.0667. The Morgan fingerprint density at radius 2 is 2.00 bits per heavy atom. The average molecular weight is 291 g/mol. The number of carboxylic acids is 1. The summed E-state index contributed by atoms with van der Waals surface area (Å²) < 4.78 is 1.10. The number of carbonyl (C=O) groups is 1. The van der Waals surface area contributed by atoms with Crippen LogP contribution in [0.15, 0.2) is 47.4 Å². The van der Waals surface area contributed by atoms with Crippen LogP contribution in [0.1, 0.15) is 5.56 Å². The fourth-order valence-electron chi connectivity index (χ4n) is 2.25. The molecule has 0 radical (unpaired) electrons. The van der Waals surface area contributed by atoms with Gasteiger partial charge in [-0.2, -0.15) is 0 Å². The monoisotopic (exact) mass is 290 g/mol.